The first kappa shape index (κ1) is 20.4. The summed E-state index contributed by atoms with van der Waals surface area (Å²) in [7, 11) is -2.02. The average Bonchev–Trinajstić information content (AvgIpc) is 3.39. The van der Waals surface area contributed by atoms with Gasteiger partial charge in [0.1, 0.15) is 5.78 Å². The van der Waals surface area contributed by atoms with Gasteiger partial charge in [0.05, 0.1) is 8.07 Å². The molecule has 2 saturated carbocycles. The van der Waals surface area contributed by atoms with Crippen LogP contribution in [0.15, 0.2) is 91.0 Å². The number of benzene rings is 3. The molecule has 2 heteroatoms. The Balaban J connectivity index is 1.75. The Labute approximate surface area is 187 Å². The zero-order valence-electron chi connectivity index (χ0n) is 18.6. The van der Waals surface area contributed by atoms with Crippen molar-refractivity contribution in [3.63, 3.8) is 0 Å². The van der Waals surface area contributed by atoms with Gasteiger partial charge in [-0.25, -0.2) is 0 Å². The maximum absolute atomic E-state index is 12.6. The monoisotopic (exact) mass is 424 g/mol. The molecule has 0 spiro atoms. The third-order valence-corrected chi connectivity index (χ3v) is 13.8. The highest BCUT2D eigenvalue weighted by molar-refractivity contribution is 6.83. The minimum absolute atomic E-state index is 0.150. The Bertz CT molecular complexity index is 945. The van der Waals surface area contributed by atoms with Crippen molar-refractivity contribution >= 4 is 13.9 Å². The first-order valence-electron chi connectivity index (χ1n) is 11.7. The molecule has 3 aromatic rings. The largest absolute Gasteiger partial charge is 0.299 e. The van der Waals surface area contributed by atoms with Gasteiger partial charge in [-0.2, -0.15) is 0 Å². The van der Waals surface area contributed by atoms with E-state index in [-0.39, 0.29) is 5.04 Å². The van der Waals surface area contributed by atoms with Gasteiger partial charge in [0, 0.05) is 17.4 Å². The fraction of sp³-hybridized carbons (Fsp3) is 0.345. The molecule has 2 aliphatic rings. The van der Waals surface area contributed by atoms with Gasteiger partial charge in [0.2, 0.25) is 0 Å². The van der Waals surface area contributed by atoms with Crippen LogP contribution in [0.1, 0.15) is 42.4 Å². The van der Waals surface area contributed by atoms with Gasteiger partial charge >= 0.3 is 0 Å². The molecule has 0 aromatic heterocycles. The second-order valence-corrected chi connectivity index (χ2v) is 15.1. The van der Waals surface area contributed by atoms with Crippen molar-refractivity contribution in [2.75, 3.05) is 0 Å². The van der Waals surface area contributed by atoms with Crippen LogP contribution in [-0.4, -0.2) is 13.9 Å². The molecule has 0 amide bonds. The van der Waals surface area contributed by atoms with E-state index >= 15 is 0 Å². The Hall–Kier alpha value is -2.45. The van der Waals surface area contributed by atoms with Crippen LogP contribution in [0.4, 0.5) is 0 Å². The molecule has 2 fully saturated rings. The number of ketones is 1. The number of fused-ring (bicyclic) bond motifs is 1. The van der Waals surface area contributed by atoms with Gasteiger partial charge in [-0.3, -0.25) is 4.79 Å². The van der Waals surface area contributed by atoms with Gasteiger partial charge in [-0.15, -0.1) is 0 Å². The third-order valence-electron chi connectivity index (χ3n) is 8.48. The Morgan fingerprint density at radius 3 is 1.58 bits per heavy atom. The van der Waals surface area contributed by atoms with Crippen molar-refractivity contribution in [3.8, 4) is 0 Å². The van der Waals surface area contributed by atoms with Crippen molar-refractivity contribution in [2.24, 2.45) is 11.8 Å². The standard InChI is InChI=1S/C29H32OSi/c1-31(2,26-20-22-18-19-28(30)27(22)21-26)29(23-12-6-3-7-13-23,24-14-8-4-9-15-24)25-16-10-5-11-17-25/h3-17,22,26-27H,18-21H2,1-2H3/t22-,26-,27+/m1/s1. The van der Waals surface area contributed by atoms with Crippen LogP contribution in [0.5, 0.6) is 0 Å². The summed E-state index contributed by atoms with van der Waals surface area (Å²) in [6.07, 6.45) is 4.24. The highest BCUT2D eigenvalue weighted by Gasteiger charge is 2.57. The smallest absolute Gasteiger partial charge is 0.136 e. The van der Waals surface area contributed by atoms with Crippen LogP contribution in [0, 0.1) is 11.8 Å². The second kappa shape index (κ2) is 7.91. The molecular weight excluding hydrogens is 392 g/mol. The number of hydrogen-bond acceptors (Lipinski definition) is 1. The fourth-order valence-electron chi connectivity index (χ4n) is 6.93. The summed E-state index contributed by atoms with van der Waals surface area (Å²) in [6, 6.07) is 33.5. The summed E-state index contributed by atoms with van der Waals surface area (Å²) in [4.78, 5) is 12.6. The predicted octanol–water partition coefficient (Wildman–Crippen LogP) is 7.03. The predicted molar refractivity (Wildman–Crippen MR) is 131 cm³/mol. The van der Waals surface area contributed by atoms with Crippen LogP contribution in [0.2, 0.25) is 18.6 Å². The number of carbonyl (C=O) groups is 1. The van der Waals surface area contributed by atoms with E-state index in [2.05, 4.69) is 104 Å². The molecule has 0 saturated heterocycles. The Morgan fingerprint density at radius 1 is 0.710 bits per heavy atom. The van der Waals surface area contributed by atoms with E-state index < -0.39 is 8.07 Å². The van der Waals surface area contributed by atoms with Crippen LogP contribution in [0.3, 0.4) is 0 Å². The molecule has 3 atom stereocenters. The first-order chi connectivity index (χ1) is 15.0. The lowest BCUT2D eigenvalue weighted by Gasteiger charge is -2.50. The number of carbonyl (C=O) groups excluding carboxylic acids is 1. The summed E-state index contributed by atoms with van der Waals surface area (Å²) in [5.41, 5.74) is 4.82. The van der Waals surface area contributed by atoms with Crippen LogP contribution in [-0.2, 0) is 9.83 Å². The van der Waals surface area contributed by atoms with Gasteiger partial charge in [0.25, 0.3) is 0 Å². The number of hydrogen-bond donors (Lipinski definition) is 0. The van der Waals surface area contributed by atoms with E-state index in [0.29, 0.717) is 23.2 Å². The van der Waals surface area contributed by atoms with Gasteiger partial charge in [0.15, 0.2) is 0 Å². The molecule has 0 N–H and O–H groups in total. The summed E-state index contributed by atoms with van der Waals surface area (Å²) in [5.74, 6) is 1.46. The number of Topliss-reactive ketones (excluding diaryl/α,β-unsaturated/α-hetero) is 1. The Morgan fingerprint density at radius 2 is 1.16 bits per heavy atom. The summed E-state index contributed by atoms with van der Waals surface area (Å²) < 4.78 is 0. The Kier molecular flexibility index (Phi) is 5.22. The maximum Gasteiger partial charge on any atom is 0.136 e. The fourth-order valence-corrected chi connectivity index (χ4v) is 12.0. The van der Waals surface area contributed by atoms with Gasteiger partial charge in [-0.1, -0.05) is 104 Å². The van der Waals surface area contributed by atoms with E-state index in [9.17, 15) is 4.79 Å². The summed E-state index contributed by atoms with van der Waals surface area (Å²) in [5, 5.41) is -0.150. The summed E-state index contributed by atoms with van der Waals surface area (Å²) >= 11 is 0. The molecule has 0 bridgehead atoms. The zero-order valence-corrected chi connectivity index (χ0v) is 19.6. The maximum atomic E-state index is 12.6. The van der Waals surface area contributed by atoms with Crippen molar-refractivity contribution in [1.29, 1.82) is 0 Å². The third kappa shape index (κ3) is 3.15. The minimum atomic E-state index is -2.02. The molecule has 0 heterocycles. The molecular formula is C29H32OSi. The van der Waals surface area contributed by atoms with Gasteiger partial charge < -0.3 is 0 Å². The highest BCUT2D eigenvalue weighted by Crippen LogP contribution is 2.58. The van der Waals surface area contributed by atoms with Crippen molar-refractivity contribution in [1.82, 2.24) is 0 Å². The van der Waals surface area contributed by atoms with Crippen LogP contribution < -0.4 is 0 Å². The second-order valence-electron chi connectivity index (χ2n) is 10.1. The first-order valence-corrected chi connectivity index (χ1v) is 14.8. The number of rotatable bonds is 5. The lowest BCUT2D eigenvalue weighted by Crippen LogP contribution is -2.56. The van der Waals surface area contributed by atoms with Crippen molar-refractivity contribution in [3.05, 3.63) is 108 Å². The quantitative estimate of drug-likeness (QED) is 0.317. The molecule has 1 nitrogen and oxygen atoms in total. The molecule has 0 unspecified atom stereocenters. The van der Waals surface area contributed by atoms with Crippen LogP contribution >= 0.6 is 0 Å². The average molecular weight is 425 g/mol. The van der Waals surface area contributed by atoms with E-state index in [1.165, 1.54) is 23.1 Å². The summed E-state index contributed by atoms with van der Waals surface area (Å²) in [6.45, 7) is 5.19. The topological polar surface area (TPSA) is 17.1 Å². The highest BCUT2D eigenvalue weighted by atomic mass is 28.3. The van der Waals surface area contributed by atoms with E-state index in [4.69, 9.17) is 0 Å². The normalized spacial score (nSPS) is 23.7. The molecule has 0 aliphatic heterocycles. The van der Waals surface area contributed by atoms with Gasteiger partial charge in [-0.05, 0) is 47.4 Å². The lowest BCUT2D eigenvalue weighted by molar-refractivity contribution is -0.120. The molecule has 5 rings (SSSR count). The lowest BCUT2D eigenvalue weighted by atomic mass is 9.83. The SMILES string of the molecule is C[Si](C)([C@@H]1C[C@H]2CCC(=O)[C@H]2C1)C(c1ccccc1)(c1ccccc1)c1ccccc1. The van der Waals surface area contributed by atoms with E-state index in [1.54, 1.807) is 0 Å². The van der Waals surface area contributed by atoms with Crippen LogP contribution in [0.25, 0.3) is 0 Å². The van der Waals surface area contributed by atoms with Crippen molar-refractivity contribution in [2.45, 2.75) is 49.4 Å². The molecule has 158 valence electrons. The minimum Gasteiger partial charge on any atom is -0.299 e. The van der Waals surface area contributed by atoms with E-state index in [1.807, 2.05) is 0 Å². The van der Waals surface area contributed by atoms with E-state index in [0.717, 1.165) is 19.3 Å². The van der Waals surface area contributed by atoms with Crippen molar-refractivity contribution < 1.29 is 4.79 Å². The molecule has 0 radical (unpaired) electrons. The molecule has 3 aromatic carbocycles. The molecule has 2 aliphatic carbocycles. The molecule has 31 heavy (non-hydrogen) atoms. The zero-order chi connectivity index (χ0) is 21.5.